The molecule has 8 nitrogen and oxygen atoms in total. The van der Waals surface area contributed by atoms with Gasteiger partial charge in [0.05, 0.1) is 23.3 Å². The smallest absolute Gasteiger partial charge is 0.263 e. The van der Waals surface area contributed by atoms with E-state index in [1.165, 1.54) is 53.1 Å². The third-order valence-electron chi connectivity index (χ3n) is 3.73. The van der Waals surface area contributed by atoms with Crippen molar-refractivity contribution >= 4 is 49.4 Å². The van der Waals surface area contributed by atoms with Gasteiger partial charge in [0.25, 0.3) is 10.0 Å². The lowest BCUT2D eigenvalue weighted by atomic mass is 10.3. The molecule has 0 aliphatic rings. The second-order valence-corrected chi connectivity index (χ2v) is 9.25. The lowest BCUT2D eigenvalue weighted by Crippen LogP contribution is -2.15. The summed E-state index contributed by atoms with van der Waals surface area (Å²) < 4.78 is 32.3. The SMILES string of the molecule is O=C(Cc1csc(-c2ccco2)n1)Nc1ccc(S(=O)(=O)Nc2nccs2)cc1. The first-order valence-electron chi connectivity index (χ1n) is 8.30. The molecule has 4 rings (SSSR count). The van der Waals surface area contributed by atoms with E-state index in [1.54, 1.807) is 23.1 Å². The van der Waals surface area contributed by atoms with E-state index < -0.39 is 10.0 Å². The van der Waals surface area contributed by atoms with Crippen LogP contribution in [0, 0.1) is 0 Å². The summed E-state index contributed by atoms with van der Waals surface area (Å²) in [7, 11) is -3.73. The van der Waals surface area contributed by atoms with E-state index in [4.69, 9.17) is 4.42 Å². The van der Waals surface area contributed by atoms with Gasteiger partial charge in [-0.25, -0.2) is 18.4 Å². The van der Waals surface area contributed by atoms with Crippen molar-refractivity contribution in [3.8, 4) is 10.8 Å². The number of anilines is 2. The molecule has 0 unspecified atom stereocenters. The number of nitrogens with zero attached hydrogens (tertiary/aromatic N) is 2. The zero-order valence-electron chi connectivity index (χ0n) is 14.7. The van der Waals surface area contributed by atoms with Crippen LogP contribution >= 0.6 is 22.7 Å². The molecule has 3 heterocycles. The molecule has 0 spiro atoms. The molecule has 0 bridgehead atoms. The first kappa shape index (κ1) is 19.3. The molecule has 0 radical (unpaired) electrons. The Kier molecular flexibility index (Phi) is 5.43. The molecule has 29 heavy (non-hydrogen) atoms. The molecular weight excluding hydrogens is 432 g/mol. The average Bonchev–Trinajstić information content (AvgIpc) is 3.44. The maximum absolute atomic E-state index is 12.3. The number of carbonyl (C=O) groups excluding carboxylic acids is 1. The zero-order chi connectivity index (χ0) is 20.3. The minimum atomic E-state index is -3.73. The van der Waals surface area contributed by atoms with Crippen molar-refractivity contribution in [2.75, 3.05) is 10.0 Å². The number of rotatable bonds is 7. The second-order valence-electron chi connectivity index (χ2n) is 5.81. The van der Waals surface area contributed by atoms with Crippen LogP contribution in [0.4, 0.5) is 10.8 Å². The van der Waals surface area contributed by atoms with Gasteiger partial charge < -0.3 is 9.73 Å². The Morgan fingerprint density at radius 3 is 2.66 bits per heavy atom. The first-order valence-corrected chi connectivity index (χ1v) is 11.5. The monoisotopic (exact) mass is 446 g/mol. The Morgan fingerprint density at radius 2 is 1.97 bits per heavy atom. The van der Waals surface area contributed by atoms with Crippen molar-refractivity contribution in [1.29, 1.82) is 0 Å². The molecule has 148 valence electrons. The van der Waals surface area contributed by atoms with Crippen LogP contribution in [-0.4, -0.2) is 24.3 Å². The Bertz CT molecular complexity index is 1200. The summed E-state index contributed by atoms with van der Waals surface area (Å²) in [5.41, 5.74) is 1.12. The Labute approximate surface area is 174 Å². The summed E-state index contributed by atoms with van der Waals surface area (Å²) in [5.74, 6) is 0.405. The van der Waals surface area contributed by atoms with E-state index >= 15 is 0 Å². The fraction of sp³-hybridized carbons (Fsp3) is 0.0556. The highest BCUT2D eigenvalue weighted by atomic mass is 32.2. The molecule has 2 N–H and O–H groups in total. The molecule has 1 amide bonds. The highest BCUT2D eigenvalue weighted by Crippen LogP contribution is 2.24. The van der Waals surface area contributed by atoms with Gasteiger partial charge >= 0.3 is 0 Å². The molecule has 0 fully saturated rings. The number of hydrogen-bond donors (Lipinski definition) is 2. The van der Waals surface area contributed by atoms with E-state index in [0.717, 1.165) is 0 Å². The van der Waals surface area contributed by atoms with Gasteiger partial charge in [-0.1, -0.05) is 0 Å². The number of nitrogens with one attached hydrogen (secondary N) is 2. The lowest BCUT2D eigenvalue weighted by molar-refractivity contribution is -0.115. The van der Waals surface area contributed by atoms with Crippen LogP contribution in [0.5, 0.6) is 0 Å². The number of benzene rings is 1. The minimum absolute atomic E-state index is 0.0771. The van der Waals surface area contributed by atoms with Gasteiger partial charge in [-0.05, 0) is 36.4 Å². The number of hydrogen-bond acceptors (Lipinski definition) is 8. The zero-order valence-corrected chi connectivity index (χ0v) is 17.2. The summed E-state index contributed by atoms with van der Waals surface area (Å²) in [6, 6.07) is 9.49. The van der Waals surface area contributed by atoms with Crippen LogP contribution in [0.2, 0.25) is 0 Å². The van der Waals surface area contributed by atoms with E-state index in [-0.39, 0.29) is 17.2 Å². The van der Waals surface area contributed by atoms with Crippen LogP contribution in [0.25, 0.3) is 10.8 Å². The van der Waals surface area contributed by atoms with Gasteiger partial charge in [-0.2, -0.15) is 0 Å². The average molecular weight is 447 g/mol. The summed E-state index contributed by atoms with van der Waals surface area (Å²) in [6.07, 6.45) is 3.18. The molecule has 0 atom stereocenters. The first-order chi connectivity index (χ1) is 14.0. The Balaban J connectivity index is 1.38. The molecule has 0 saturated heterocycles. The predicted molar refractivity (Wildman–Crippen MR) is 112 cm³/mol. The van der Waals surface area contributed by atoms with E-state index in [0.29, 0.717) is 27.3 Å². The number of carbonyl (C=O) groups is 1. The third kappa shape index (κ3) is 4.70. The normalized spacial score (nSPS) is 11.3. The highest BCUT2D eigenvalue weighted by Gasteiger charge is 2.16. The Morgan fingerprint density at radius 1 is 1.14 bits per heavy atom. The van der Waals surface area contributed by atoms with Gasteiger partial charge in [0.1, 0.15) is 0 Å². The topological polar surface area (TPSA) is 114 Å². The van der Waals surface area contributed by atoms with E-state index in [2.05, 4.69) is 20.0 Å². The molecule has 0 aliphatic heterocycles. The van der Waals surface area contributed by atoms with Crippen molar-refractivity contribution in [2.24, 2.45) is 0 Å². The fourth-order valence-electron chi connectivity index (χ4n) is 2.44. The maximum atomic E-state index is 12.3. The number of thiazole rings is 2. The Hall–Kier alpha value is -3.02. The summed E-state index contributed by atoms with van der Waals surface area (Å²) in [6.45, 7) is 0. The molecule has 1 aromatic carbocycles. The van der Waals surface area contributed by atoms with Crippen LogP contribution < -0.4 is 10.0 Å². The van der Waals surface area contributed by atoms with E-state index in [1.807, 2.05) is 6.07 Å². The molecule has 0 aliphatic carbocycles. The van der Waals surface area contributed by atoms with Gasteiger partial charge in [-0.3, -0.25) is 9.52 Å². The lowest BCUT2D eigenvalue weighted by Gasteiger charge is -2.07. The third-order valence-corrected chi connectivity index (χ3v) is 6.81. The molecular formula is C18H14N4O4S3. The summed E-state index contributed by atoms with van der Waals surface area (Å²) in [5, 5.41) is 7.22. The number of amides is 1. The van der Waals surface area contributed by atoms with E-state index in [9.17, 15) is 13.2 Å². The maximum Gasteiger partial charge on any atom is 0.263 e. The van der Waals surface area contributed by atoms with Crippen LogP contribution in [0.1, 0.15) is 5.69 Å². The van der Waals surface area contributed by atoms with Crippen LogP contribution in [0.15, 0.2) is 68.9 Å². The molecule has 11 heteroatoms. The van der Waals surface area contributed by atoms with Gasteiger partial charge in [0, 0.05) is 22.6 Å². The molecule has 0 saturated carbocycles. The predicted octanol–water partition coefficient (Wildman–Crippen LogP) is 3.84. The number of sulfonamides is 1. The largest absolute Gasteiger partial charge is 0.462 e. The van der Waals surface area contributed by atoms with Gasteiger partial charge in [0.2, 0.25) is 5.91 Å². The quantitative estimate of drug-likeness (QED) is 0.446. The summed E-state index contributed by atoms with van der Waals surface area (Å²) in [4.78, 5) is 20.6. The molecule has 3 aromatic heterocycles. The van der Waals surface area contributed by atoms with Crippen LogP contribution in [0.3, 0.4) is 0 Å². The van der Waals surface area contributed by atoms with Gasteiger partial charge in [0.15, 0.2) is 15.9 Å². The van der Waals surface area contributed by atoms with Crippen molar-refractivity contribution in [3.63, 3.8) is 0 Å². The van der Waals surface area contributed by atoms with Crippen molar-refractivity contribution in [3.05, 3.63) is 65.3 Å². The standard InChI is InChI=1S/C18H14N4O4S3/c23-16(10-13-11-28-17(21-13)15-2-1-8-26-15)20-12-3-5-14(6-4-12)29(24,25)22-18-19-7-9-27-18/h1-9,11H,10H2,(H,19,22)(H,20,23). The second kappa shape index (κ2) is 8.15. The van der Waals surface area contributed by atoms with Crippen LogP contribution in [-0.2, 0) is 21.2 Å². The van der Waals surface area contributed by atoms with Gasteiger partial charge in [-0.15, -0.1) is 22.7 Å². The van der Waals surface area contributed by atoms with Crippen molar-refractivity contribution < 1.29 is 17.6 Å². The number of aromatic nitrogens is 2. The highest BCUT2D eigenvalue weighted by molar-refractivity contribution is 7.93. The fourth-order valence-corrected chi connectivity index (χ4v) is 5.01. The van der Waals surface area contributed by atoms with Crippen molar-refractivity contribution in [1.82, 2.24) is 9.97 Å². The summed E-state index contributed by atoms with van der Waals surface area (Å²) >= 11 is 2.59. The van der Waals surface area contributed by atoms with Crippen molar-refractivity contribution in [2.45, 2.75) is 11.3 Å². The number of furan rings is 1. The minimum Gasteiger partial charge on any atom is -0.462 e. The molecule has 4 aromatic rings.